The van der Waals surface area contributed by atoms with E-state index < -0.39 is 0 Å². The van der Waals surface area contributed by atoms with Gasteiger partial charge in [-0.2, -0.15) is 0 Å². The highest BCUT2D eigenvalue weighted by atomic mass is 15.0. The Hall–Kier alpha value is -6.91. The van der Waals surface area contributed by atoms with Gasteiger partial charge in [0.05, 0.1) is 16.7 Å². The van der Waals surface area contributed by atoms with Crippen LogP contribution in [0.3, 0.4) is 0 Å². The molecule has 4 nitrogen and oxygen atoms in total. The van der Waals surface area contributed by atoms with Crippen LogP contribution in [0.15, 0.2) is 170 Å². The number of nitrogens with zero attached hydrogens (tertiary/aromatic N) is 4. The molecule has 0 bridgehead atoms. The molecule has 1 aliphatic carbocycles. The molecule has 0 radical (unpaired) electrons. The first kappa shape index (κ1) is 28.0. The maximum atomic E-state index is 5.19. The van der Waals surface area contributed by atoms with Gasteiger partial charge in [0.2, 0.25) is 0 Å². The fourth-order valence-corrected chi connectivity index (χ4v) is 8.08. The molecule has 0 unspecified atom stereocenters. The summed E-state index contributed by atoms with van der Waals surface area (Å²) in [5.41, 5.74) is 11.4. The quantitative estimate of drug-likeness (QED) is 0.191. The summed E-state index contributed by atoms with van der Waals surface area (Å²) in [4.78, 5) is 15.4. The Bertz CT molecular complexity index is 2980. The molecule has 0 aliphatic heterocycles. The van der Waals surface area contributed by atoms with E-state index in [9.17, 15) is 0 Å². The molecule has 236 valence electrons. The normalized spacial score (nSPS) is 11.9. The molecule has 0 saturated carbocycles. The van der Waals surface area contributed by atoms with Crippen LogP contribution in [0.2, 0.25) is 0 Å². The molecule has 8 aromatic carbocycles. The van der Waals surface area contributed by atoms with E-state index in [1.165, 1.54) is 54.8 Å². The summed E-state index contributed by atoms with van der Waals surface area (Å²) in [6, 6.07) is 60.3. The maximum Gasteiger partial charge on any atom is 0.164 e. The third-order valence-corrected chi connectivity index (χ3v) is 10.3. The first-order chi connectivity index (χ1) is 25.3. The standard InChI is InChI=1S/C47H28N4/c1-2-12-29(13-3-1)45-48-46(50-47(49-45)33-27-31-15-10-20-39-35-16-4-5-17-36(35)40(28-33)44(31)39)32-24-25-34-30(26-32)14-11-23-41(34)51-42-21-8-6-18-37(42)38-19-7-9-22-43(38)51/h1-28H. The summed E-state index contributed by atoms with van der Waals surface area (Å²) in [5.74, 6) is 1.96. The molecule has 0 saturated heterocycles. The monoisotopic (exact) mass is 648 g/mol. The Morgan fingerprint density at radius 2 is 0.902 bits per heavy atom. The van der Waals surface area contributed by atoms with Crippen LogP contribution in [0.5, 0.6) is 0 Å². The van der Waals surface area contributed by atoms with E-state index in [4.69, 9.17) is 15.0 Å². The zero-order valence-corrected chi connectivity index (χ0v) is 27.5. The minimum absolute atomic E-state index is 0.647. The van der Waals surface area contributed by atoms with Gasteiger partial charge >= 0.3 is 0 Å². The lowest BCUT2D eigenvalue weighted by Crippen LogP contribution is -2.00. The van der Waals surface area contributed by atoms with E-state index in [-0.39, 0.29) is 0 Å². The highest BCUT2D eigenvalue weighted by molar-refractivity contribution is 6.16. The third kappa shape index (κ3) is 4.23. The topological polar surface area (TPSA) is 43.6 Å². The number of hydrogen-bond acceptors (Lipinski definition) is 3. The van der Waals surface area contributed by atoms with Crippen LogP contribution in [0.1, 0.15) is 0 Å². The van der Waals surface area contributed by atoms with E-state index >= 15 is 0 Å². The van der Waals surface area contributed by atoms with Gasteiger partial charge in [0.1, 0.15) is 0 Å². The molecule has 0 N–H and O–H groups in total. The number of benzene rings is 8. The maximum absolute atomic E-state index is 5.19. The summed E-state index contributed by atoms with van der Waals surface area (Å²) < 4.78 is 2.38. The molecule has 10 aromatic rings. The summed E-state index contributed by atoms with van der Waals surface area (Å²) in [6.07, 6.45) is 0. The Morgan fingerprint density at radius 1 is 0.333 bits per heavy atom. The van der Waals surface area contributed by atoms with Crippen LogP contribution in [-0.4, -0.2) is 19.5 Å². The van der Waals surface area contributed by atoms with Crippen molar-refractivity contribution in [2.45, 2.75) is 0 Å². The average molecular weight is 649 g/mol. The Morgan fingerprint density at radius 3 is 1.67 bits per heavy atom. The molecule has 2 heterocycles. The summed E-state index contributed by atoms with van der Waals surface area (Å²) in [7, 11) is 0. The minimum atomic E-state index is 0.647. The van der Waals surface area contributed by atoms with Crippen molar-refractivity contribution in [2.24, 2.45) is 0 Å². The Balaban J connectivity index is 1.10. The zero-order chi connectivity index (χ0) is 33.5. The minimum Gasteiger partial charge on any atom is -0.309 e. The third-order valence-electron chi connectivity index (χ3n) is 10.3. The van der Waals surface area contributed by atoms with Gasteiger partial charge in [-0.1, -0.05) is 133 Å². The lowest BCUT2D eigenvalue weighted by molar-refractivity contribution is 1.08. The Labute approximate surface area is 294 Å². The van der Waals surface area contributed by atoms with Gasteiger partial charge in [-0.15, -0.1) is 0 Å². The lowest BCUT2D eigenvalue weighted by atomic mass is 9.99. The zero-order valence-electron chi connectivity index (χ0n) is 27.5. The van der Waals surface area contributed by atoms with Crippen molar-refractivity contribution in [3.63, 3.8) is 0 Å². The van der Waals surface area contributed by atoms with E-state index in [0.717, 1.165) is 33.2 Å². The molecule has 1 aliphatic rings. The predicted octanol–water partition coefficient (Wildman–Crippen LogP) is 11.9. The van der Waals surface area contributed by atoms with Crippen molar-refractivity contribution < 1.29 is 0 Å². The average Bonchev–Trinajstić information content (AvgIpc) is 3.71. The number of para-hydroxylation sites is 2. The van der Waals surface area contributed by atoms with Crippen LogP contribution < -0.4 is 0 Å². The highest BCUT2D eigenvalue weighted by Gasteiger charge is 2.23. The number of hydrogen-bond donors (Lipinski definition) is 0. The summed E-state index contributed by atoms with van der Waals surface area (Å²) in [5, 5.41) is 7.26. The van der Waals surface area contributed by atoms with Crippen molar-refractivity contribution >= 4 is 43.4 Å². The fraction of sp³-hybridized carbons (Fsp3) is 0. The van der Waals surface area contributed by atoms with Gasteiger partial charge < -0.3 is 4.57 Å². The smallest absolute Gasteiger partial charge is 0.164 e. The van der Waals surface area contributed by atoms with Crippen molar-refractivity contribution in [3.8, 4) is 62.1 Å². The molecule has 0 spiro atoms. The van der Waals surface area contributed by atoms with Gasteiger partial charge in [0.25, 0.3) is 0 Å². The van der Waals surface area contributed by atoms with E-state index in [2.05, 4.69) is 156 Å². The van der Waals surface area contributed by atoms with Gasteiger partial charge in [-0.3, -0.25) is 0 Å². The van der Waals surface area contributed by atoms with E-state index in [1.807, 2.05) is 18.2 Å². The first-order valence-electron chi connectivity index (χ1n) is 17.3. The second kappa shape index (κ2) is 10.8. The van der Waals surface area contributed by atoms with Crippen LogP contribution in [0.25, 0.3) is 105 Å². The van der Waals surface area contributed by atoms with Crippen molar-refractivity contribution in [1.29, 1.82) is 0 Å². The second-order valence-electron chi connectivity index (χ2n) is 13.2. The predicted molar refractivity (Wildman–Crippen MR) is 210 cm³/mol. The van der Waals surface area contributed by atoms with Crippen LogP contribution in [-0.2, 0) is 0 Å². The lowest BCUT2D eigenvalue weighted by Gasteiger charge is -2.13. The molecular formula is C47H28N4. The van der Waals surface area contributed by atoms with E-state index in [0.29, 0.717) is 17.5 Å². The van der Waals surface area contributed by atoms with Crippen molar-refractivity contribution in [1.82, 2.24) is 19.5 Å². The van der Waals surface area contributed by atoms with E-state index in [1.54, 1.807) is 0 Å². The molecule has 0 atom stereocenters. The number of aromatic nitrogens is 4. The second-order valence-corrected chi connectivity index (χ2v) is 13.2. The molecule has 2 aromatic heterocycles. The SMILES string of the molecule is c1ccc(-c2nc(-c3ccc4c(-n5c6ccccc6c6ccccc65)cccc4c3)nc(-c3cc4c5c(cccc5c3)-c3ccccc3-4)n2)cc1. The number of rotatable bonds is 4. The molecule has 0 fully saturated rings. The van der Waals surface area contributed by atoms with Crippen LogP contribution in [0.4, 0.5) is 0 Å². The molecular weight excluding hydrogens is 621 g/mol. The highest BCUT2D eigenvalue weighted by Crippen LogP contribution is 2.48. The van der Waals surface area contributed by atoms with Crippen molar-refractivity contribution in [3.05, 3.63) is 170 Å². The fourth-order valence-electron chi connectivity index (χ4n) is 8.08. The molecule has 51 heavy (non-hydrogen) atoms. The Kier molecular flexibility index (Phi) is 5.92. The molecule has 0 amide bonds. The summed E-state index contributed by atoms with van der Waals surface area (Å²) >= 11 is 0. The molecule has 4 heteroatoms. The van der Waals surface area contributed by atoms with Crippen molar-refractivity contribution in [2.75, 3.05) is 0 Å². The van der Waals surface area contributed by atoms with Gasteiger partial charge in [0.15, 0.2) is 17.5 Å². The first-order valence-corrected chi connectivity index (χ1v) is 17.3. The van der Waals surface area contributed by atoms with Crippen LogP contribution in [0, 0.1) is 0 Å². The van der Waals surface area contributed by atoms with Crippen LogP contribution >= 0.6 is 0 Å². The van der Waals surface area contributed by atoms with Gasteiger partial charge in [-0.25, -0.2) is 15.0 Å². The number of fused-ring (bicyclic) bond motifs is 7. The summed E-state index contributed by atoms with van der Waals surface area (Å²) in [6.45, 7) is 0. The molecule has 11 rings (SSSR count). The van der Waals surface area contributed by atoms with Gasteiger partial charge in [-0.05, 0) is 74.8 Å². The largest absolute Gasteiger partial charge is 0.309 e. The van der Waals surface area contributed by atoms with Gasteiger partial charge in [0, 0.05) is 32.8 Å².